The van der Waals surface area contributed by atoms with Crippen LogP contribution in [-0.4, -0.2) is 28.2 Å². The van der Waals surface area contributed by atoms with Crippen molar-refractivity contribution in [3.05, 3.63) is 41.6 Å². The molecule has 2 rings (SSSR count). The van der Waals surface area contributed by atoms with Crippen LogP contribution < -0.4 is 10.6 Å². The second-order valence-electron chi connectivity index (χ2n) is 6.92. The molecule has 8 heteroatoms. The van der Waals surface area contributed by atoms with E-state index < -0.39 is 11.9 Å². The van der Waals surface area contributed by atoms with Crippen LogP contribution in [0.15, 0.2) is 30.3 Å². The van der Waals surface area contributed by atoms with Gasteiger partial charge in [0.25, 0.3) is 0 Å². The van der Waals surface area contributed by atoms with Gasteiger partial charge in [-0.1, -0.05) is 32.9 Å². The number of hydrogen-bond acceptors (Lipinski definition) is 5. The smallest absolute Gasteiger partial charge is 0.396 e. The molecule has 0 aliphatic heterocycles. The fraction of sp³-hybridized carbons (Fsp3) is 0.444. The van der Waals surface area contributed by atoms with Crippen molar-refractivity contribution in [3.63, 3.8) is 0 Å². The van der Waals surface area contributed by atoms with E-state index in [1.54, 1.807) is 12.1 Å². The van der Waals surface area contributed by atoms with Crippen molar-refractivity contribution in [1.82, 2.24) is 9.97 Å². The molecule has 0 spiro atoms. The van der Waals surface area contributed by atoms with Gasteiger partial charge in [-0.15, -0.1) is 0 Å². The Hall–Kier alpha value is -2.35. The van der Waals surface area contributed by atoms with Crippen molar-refractivity contribution in [2.75, 3.05) is 23.8 Å². The van der Waals surface area contributed by atoms with Crippen LogP contribution in [0.25, 0.3) is 0 Å². The summed E-state index contributed by atoms with van der Waals surface area (Å²) >= 11 is 0. The number of halogens is 3. The highest BCUT2D eigenvalue weighted by Crippen LogP contribution is 2.31. The van der Waals surface area contributed by atoms with Crippen molar-refractivity contribution in [2.45, 2.75) is 38.8 Å². The van der Waals surface area contributed by atoms with Crippen LogP contribution in [0.3, 0.4) is 0 Å². The van der Waals surface area contributed by atoms with Gasteiger partial charge >= 0.3 is 6.18 Å². The Labute approximate surface area is 150 Å². The molecule has 0 saturated carbocycles. The van der Waals surface area contributed by atoms with E-state index in [9.17, 15) is 13.2 Å². The number of aliphatic hydroxyl groups is 1. The lowest BCUT2D eigenvalue weighted by Crippen LogP contribution is -2.14. The second-order valence-corrected chi connectivity index (χ2v) is 6.92. The highest BCUT2D eigenvalue weighted by molar-refractivity contribution is 5.58. The predicted octanol–water partition coefficient (Wildman–Crippen LogP) is 4.33. The summed E-state index contributed by atoms with van der Waals surface area (Å²) < 4.78 is 39.2. The van der Waals surface area contributed by atoms with Crippen LogP contribution in [0.1, 0.15) is 38.4 Å². The van der Waals surface area contributed by atoms with Crippen LogP contribution in [-0.2, 0) is 11.6 Å². The van der Waals surface area contributed by atoms with Gasteiger partial charge in [0.05, 0.1) is 0 Å². The van der Waals surface area contributed by atoms with Crippen molar-refractivity contribution in [3.8, 4) is 0 Å². The van der Waals surface area contributed by atoms with Crippen molar-refractivity contribution < 1.29 is 18.3 Å². The summed E-state index contributed by atoms with van der Waals surface area (Å²) in [5.74, 6) is -0.0931. The predicted molar refractivity (Wildman–Crippen MR) is 95.7 cm³/mol. The van der Waals surface area contributed by atoms with Crippen LogP contribution >= 0.6 is 0 Å². The molecule has 26 heavy (non-hydrogen) atoms. The first-order chi connectivity index (χ1) is 12.1. The van der Waals surface area contributed by atoms with Gasteiger partial charge in [-0.2, -0.15) is 18.2 Å². The molecule has 0 aliphatic rings. The lowest BCUT2D eigenvalue weighted by molar-refractivity contribution is -0.141. The molecule has 2 aromatic rings. The molecule has 142 valence electrons. The summed E-state index contributed by atoms with van der Waals surface area (Å²) in [6.07, 6.45) is -4.19. The average Bonchev–Trinajstić information content (AvgIpc) is 2.54. The molecule has 0 aliphatic carbocycles. The summed E-state index contributed by atoms with van der Waals surface area (Å²) in [7, 11) is 0. The number of anilines is 3. The second kappa shape index (κ2) is 7.90. The molecule has 0 bridgehead atoms. The van der Waals surface area contributed by atoms with E-state index in [1.807, 2.05) is 12.1 Å². The normalized spacial score (nSPS) is 12.1. The molecule has 0 unspecified atom stereocenters. The third-order valence-electron chi connectivity index (χ3n) is 3.66. The number of aromatic nitrogens is 2. The molecule has 1 heterocycles. The van der Waals surface area contributed by atoms with Gasteiger partial charge in [-0.05, 0) is 29.5 Å². The summed E-state index contributed by atoms with van der Waals surface area (Å²) in [4.78, 5) is 7.57. The molecule has 5 nitrogen and oxygen atoms in total. The molecule has 0 atom stereocenters. The fourth-order valence-corrected chi connectivity index (χ4v) is 2.22. The summed E-state index contributed by atoms with van der Waals surface area (Å²) in [6.45, 7) is 6.45. The topological polar surface area (TPSA) is 70.1 Å². The highest BCUT2D eigenvalue weighted by Gasteiger charge is 2.33. The van der Waals surface area contributed by atoms with Gasteiger partial charge in [0, 0.05) is 24.9 Å². The maximum absolute atomic E-state index is 13.1. The number of alkyl halides is 3. The summed E-state index contributed by atoms with van der Waals surface area (Å²) in [5.41, 5.74) is 0.702. The van der Waals surface area contributed by atoms with Gasteiger partial charge in [0.2, 0.25) is 5.95 Å². The van der Waals surface area contributed by atoms with E-state index in [1.165, 1.54) is 0 Å². The molecular weight excluding hydrogens is 345 g/mol. The Balaban J connectivity index is 2.25. The van der Waals surface area contributed by atoms with E-state index in [4.69, 9.17) is 5.11 Å². The third-order valence-corrected chi connectivity index (χ3v) is 3.66. The molecule has 0 amide bonds. The molecule has 1 aromatic carbocycles. The Kier molecular flexibility index (Phi) is 6.07. The van der Waals surface area contributed by atoms with Crippen LogP contribution in [0.2, 0.25) is 0 Å². The summed E-state index contributed by atoms with van der Waals surface area (Å²) in [5, 5.41) is 14.4. The lowest BCUT2D eigenvalue weighted by Gasteiger charge is -2.19. The van der Waals surface area contributed by atoms with Crippen LogP contribution in [0.5, 0.6) is 0 Å². The maximum Gasteiger partial charge on any atom is 0.433 e. The lowest BCUT2D eigenvalue weighted by atomic mass is 9.87. The highest BCUT2D eigenvalue weighted by atomic mass is 19.4. The zero-order valence-corrected chi connectivity index (χ0v) is 15.0. The van der Waals surface area contributed by atoms with Crippen molar-refractivity contribution in [1.29, 1.82) is 0 Å². The van der Waals surface area contributed by atoms with Crippen LogP contribution in [0.4, 0.5) is 30.6 Å². The molecule has 0 fully saturated rings. The van der Waals surface area contributed by atoms with E-state index in [2.05, 4.69) is 41.4 Å². The average molecular weight is 368 g/mol. The number of nitrogens with zero attached hydrogens (tertiary/aromatic N) is 2. The first kappa shape index (κ1) is 20.0. The first-order valence-corrected chi connectivity index (χ1v) is 8.28. The van der Waals surface area contributed by atoms with E-state index in [0.717, 1.165) is 11.6 Å². The number of benzene rings is 1. The molecule has 0 saturated heterocycles. The van der Waals surface area contributed by atoms with Crippen molar-refractivity contribution >= 4 is 17.5 Å². The van der Waals surface area contributed by atoms with Crippen LogP contribution in [0, 0.1) is 0 Å². The zero-order valence-electron chi connectivity index (χ0n) is 15.0. The quantitative estimate of drug-likeness (QED) is 0.662. The minimum absolute atomic E-state index is 0.0132. The SMILES string of the molecule is CC(C)(C)c1ccc(Nc2cc(C(F)(F)F)nc(NCCCO)n2)cc1. The standard InChI is InChI=1S/C18H23F3N4O/c1-17(2,3)12-5-7-13(8-6-12)23-15-11-14(18(19,20)21)24-16(25-15)22-9-4-10-26/h5-8,11,26H,4,9-10H2,1-3H3,(H2,22,23,24,25). The molecular formula is C18H23F3N4O. The monoisotopic (exact) mass is 368 g/mol. The number of aliphatic hydroxyl groups excluding tert-OH is 1. The Morgan fingerprint density at radius 3 is 2.23 bits per heavy atom. The van der Waals surface area contributed by atoms with E-state index >= 15 is 0 Å². The van der Waals surface area contributed by atoms with Gasteiger partial charge in [-0.3, -0.25) is 0 Å². The number of rotatable bonds is 6. The number of nitrogens with one attached hydrogen (secondary N) is 2. The molecule has 3 N–H and O–H groups in total. The zero-order chi connectivity index (χ0) is 19.4. The summed E-state index contributed by atoms with van der Waals surface area (Å²) in [6, 6.07) is 8.32. The minimum atomic E-state index is -4.58. The fourth-order valence-electron chi connectivity index (χ4n) is 2.22. The Morgan fingerprint density at radius 2 is 1.69 bits per heavy atom. The molecule has 1 aromatic heterocycles. The third kappa shape index (κ3) is 5.59. The first-order valence-electron chi connectivity index (χ1n) is 8.28. The van der Waals surface area contributed by atoms with E-state index in [0.29, 0.717) is 12.1 Å². The number of hydrogen-bond donors (Lipinski definition) is 3. The van der Waals surface area contributed by atoms with E-state index in [-0.39, 0.29) is 30.3 Å². The Morgan fingerprint density at radius 1 is 1.04 bits per heavy atom. The largest absolute Gasteiger partial charge is 0.433 e. The van der Waals surface area contributed by atoms with Crippen molar-refractivity contribution in [2.24, 2.45) is 0 Å². The van der Waals surface area contributed by atoms with Gasteiger partial charge in [0.15, 0.2) is 5.69 Å². The maximum atomic E-state index is 13.1. The molecule has 0 radical (unpaired) electrons. The van der Waals surface area contributed by atoms with Gasteiger partial charge in [0.1, 0.15) is 5.82 Å². The Bertz CT molecular complexity index is 725. The van der Waals surface area contributed by atoms with Gasteiger partial charge in [-0.25, -0.2) is 4.98 Å². The van der Waals surface area contributed by atoms with Gasteiger partial charge < -0.3 is 15.7 Å². The minimum Gasteiger partial charge on any atom is -0.396 e.